The molecule has 0 radical (unpaired) electrons. The fourth-order valence-corrected chi connectivity index (χ4v) is 3.16. The Balaban J connectivity index is 1.60. The van der Waals surface area contributed by atoms with Gasteiger partial charge >= 0.3 is 0 Å². The second-order valence-corrected chi connectivity index (χ2v) is 7.01. The van der Waals surface area contributed by atoms with Crippen LogP contribution in [0, 0.1) is 13.8 Å². The third-order valence-electron chi connectivity index (χ3n) is 4.99. The highest BCUT2D eigenvalue weighted by atomic mass is 16.5. The summed E-state index contributed by atoms with van der Waals surface area (Å²) < 4.78 is 21.4. The van der Waals surface area contributed by atoms with Gasteiger partial charge in [-0.3, -0.25) is 14.9 Å². The number of carbonyl (C=O) groups is 1. The van der Waals surface area contributed by atoms with E-state index < -0.39 is 5.91 Å². The monoisotopic (exact) mass is 420 g/mol. The molecule has 8 heteroatoms. The molecule has 0 saturated heterocycles. The van der Waals surface area contributed by atoms with Crippen molar-refractivity contribution in [2.75, 3.05) is 19.5 Å². The molecule has 0 atom stereocenters. The van der Waals surface area contributed by atoms with Gasteiger partial charge in [-0.05, 0) is 55.3 Å². The van der Waals surface area contributed by atoms with Crippen LogP contribution in [0.4, 0.5) is 5.88 Å². The second kappa shape index (κ2) is 7.98. The van der Waals surface area contributed by atoms with E-state index in [1.807, 2.05) is 13.8 Å². The van der Waals surface area contributed by atoms with E-state index in [4.69, 9.17) is 18.4 Å². The summed E-state index contributed by atoms with van der Waals surface area (Å²) in [6.07, 6.45) is 0. The predicted molar refractivity (Wildman–Crippen MR) is 115 cm³/mol. The third kappa shape index (κ3) is 3.87. The van der Waals surface area contributed by atoms with Gasteiger partial charge in [0.05, 0.1) is 19.6 Å². The molecule has 0 saturated carbocycles. The van der Waals surface area contributed by atoms with Crippen molar-refractivity contribution >= 4 is 22.8 Å². The number of methoxy groups -OCH3 is 2. The number of nitrogens with zero attached hydrogens (tertiary/aromatic N) is 1. The summed E-state index contributed by atoms with van der Waals surface area (Å²) in [5.74, 6) is 0.492. The van der Waals surface area contributed by atoms with E-state index in [2.05, 4.69) is 10.5 Å². The maximum atomic E-state index is 12.6. The maximum absolute atomic E-state index is 12.6. The third-order valence-corrected chi connectivity index (χ3v) is 4.99. The standard InChI is InChI=1S/C23H20N2O6/c1-12-7-15-17(26)11-21(30-19(15)8-13(12)2)23(27)24-22-10-16(25-31-22)14-5-6-18(28-3)20(9-14)29-4/h5-11H,1-4H3,(H,24,27). The minimum Gasteiger partial charge on any atom is -0.493 e. The van der Waals surface area contributed by atoms with Crippen LogP contribution in [0.25, 0.3) is 22.2 Å². The van der Waals surface area contributed by atoms with E-state index in [0.29, 0.717) is 33.7 Å². The molecule has 8 nitrogen and oxygen atoms in total. The van der Waals surface area contributed by atoms with E-state index in [0.717, 1.165) is 17.2 Å². The number of fused-ring (bicyclic) bond motifs is 1. The summed E-state index contributed by atoms with van der Waals surface area (Å²) in [5.41, 5.74) is 3.19. The summed E-state index contributed by atoms with van der Waals surface area (Å²) in [6, 6.07) is 11.5. The van der Waals surface area contributed by atoms with Gasteiger partial charge in [0.15, 0.2) is 22.7 Å². The normalized spacial score (nSPS) is 10.8. The molecule has 0 fully saturated rings. The Labute approximate surface area is 177 Å². The Morgan fingerprint density at radius 1 is 0.968 bits per heavy atom. The van der Waals surface area contributed by atoms with Gasteiger partial charge in [-0.2, -0.15) is 0 Å². The molecule has 31 heavy (non-hydrogen) atoms. The number of aryl methyl sites for hydroxylation is 2. The summed E-state index contributed by atoms with van der Waals surface area (Å²) >= 11 is 0. The minimum atomic E-state index is -0.618. The number of rotatable bonds is 5. The van der Waals surface area contributed by atoms with Crippen LogP contribution in [-0.4, -0.2) is 25.3 Å². The van der Waals surface area contributed by atoms with Crippen molar-refractivity contribution in [3.8, 4) is 22.8 Å². The van der Waals surface area contributed by atoms with E-state index in [-0.39, 0.29) is 17.1 Å². The lowest BCUT2D eigenvalue weighted by atomic mass is 10.1. The van der Waals surface area contributed by atoms with Gasteiger partial charge in [-0.1, -0.05) is 5.16 Å². The lowest BCUT2D eigenvalue weighted by Gasteiger charge is -2.07. The second-order valence-electron chi connectivity index (χ2n) is 7.01. The Kier molecular flexibility index (Phi) is 5.21. The van der Waals surface area contributed by atoms with Crippen molar-refractivity contribution in [3.63, 3.8) is 0 Å². The lowest BCUT2D eigenvalue weighted by Crippen LogP contribution is -2.14. The molecule has 0 aliphatic carbocycles. The quantitative estimate of drug-likeness (QED) is 0.512. The van der Waals surface area contributed by atoms with E-state index in [1.165, 1.54) is 7.11 Å². The predicted octanol–water partition coefficient (Wildman–Crippen LogP) is 4.33. The summed E-state index contributed by atoms with van der Waals surface area (Å²) in [4.78, 5) is 25.0. The van der Waals surface area contributed by atoms with Crippen LogP contribution in [0.2, 0.25) is 0 Å². The van der Waals surface area contributed by atoms with Gasteiger partial charge in [0.1, 0.15) is 11.3 Å². The minimum absolute atomic E-state index is 0.109. The Morgan fingerprint density at radius 3 is 2.45 bits per heavy atom. The molecule has 1 N–H and O–H groups in total. The maximum Gasteiger partial charge on any atom is 0.293 e. The summed E-state index contributed by atoms with van der Waals surface area (Å²) in [7, 11) is 3.09. The van der Waals surface area contributed by atoms with Crippen LogP contribution >= 0.6 is 0 Å². The zero-order valence-corrected chi connectivity index (χ0v) is 17.4. The molecule has 0 aliphatic heterocycles. The molecule has 4 aromatic rings. The number of hydrogen-bond acceptors (Lipinski definition) is 7. The lowest BCUT2D eigenvalue weighted by molar-refractivity contribution is 0.0994. The van der Waals surface area contributed by atoms with Crippen LogP contribution in [-0.2, 0) is 0 Å². The molecule has 0 bridgehead atoms. The number of benzene rings is 2. The van der Waals surface area contributed by atoms with E-state index in [1.54, 1.807) is 43.5 Å². The zero-order valence-electron chi connectivity index (χ0n) is 17.4. The topological polar surface area (TPSA) is 104 Å². The molecule has 1 amide bonds. The SMILES string of the molecule is COc1ccc(-c2cc(NC(=O)c3cc(=O)c4cc(C)c(C)cc4o3)on2)cc1OC. The number of hydrogen-bond donors (Lipinski definition) is 1. The highest BCUT2D eigenvalue weighted by Gasteiger charge is 2.17. The largest absolute Gasteiger partial charge is 0.493 e. The number of anilines is 1. The number of carbonyl (C=O) groups excluding carboxylic acids is 1. The Bertz CT molecular complexity index is 1350. The Hall–Kier alpha value is -4.07. The van der Waals surface area contributed by atoms with Gasteiger partial charge in [0.2, 0.25) is 5.88 Å². The van der Waals surface area contributed by atoms with Crippen molar-refractivity contribution in [1.82, 2.24) is 5.16 Å². The van der Waals surface area contributed by atoms with Crippen molar-refractivity contribution in [1.29, 1.82) is 0 Å². The molecule has 0 aliphatic rings. The average Bonchev–Trinajstić information content (AvgIpc) is 3.22. The molecular weight excluding hydrogens is 400 g/mol. The number of amides is 1. The molecule has 2 heterocycles. The zero-order chi connectivity index (χ0) is 22.1. The average molecular weight is 420 g/mol. The van der Waals surface area contributed by atoms with Crippen LogP contribution < -0.4 is 20.2 Å². The van der Waals surface area contributed by atoms with Crippen molar-refractivity contribution in [2.45, 2.75) is 13.8 Å². The highest BCUT2D eigenvalue weighted by molar-refractivity contribution is 6.02. The number of ether oxygens (including phenoxy) is 2. The fourth-order valence-electron chi connectivity index (χ4n) is 3.16. The van der Waals surface area contributed by atoms with Crippen molar-refractivity contribution < 1.29 is 23.2 Å². The number of aromatic nitrogens is 1. The van der Waals surface area contributed by atoms with Gasteiger partial charge in [-0.25, -0.2) is 0 Å². The van der Waals surface area contributed by atoms with E-state index in [9.17, 15) is 9.59 Å². The van der Waals surface area contributed by atoms with Gasteiger partial charge < -0.3 is 18.4 Å². The molecule has 158 valence electrons. The van der Waals surface area contributed by atoms with Crippen LogP contribution in [0.3, 0.4) is 0 Å². The molecular formula is C23H20N2O6. The Morgan fingerprint density at radius 2 is 1.71 bits per heavy atom. The van der Waals surface area contributed by atoms with Gasteiger partial charge in [0.25, 0.3) is 5.91 Å². The highest BCUT2D eigenvalue weighted by Crippen LogP contribution is 2.32. The molecule has 0 spiro atoms. The summed E-state index contributed by atoms with van der Waals surface area (Å²) in [5, 5.41) is 6.96. The first kappa shape index (κ1) is 20.2. The number of nitrogens with one attached hydrogen (secondary N) is 1. The fraction of sp³-hybridized carbons (Fsp3) is 0.174. The van der Waals surface area contributed by atoms with Crippen LogP contribution in [0.5, 0.6) is 11.5 Å². The molecule has 4 rings (SSSR count). The van der Waals surface area contributed by atoms with Crippen molar-refractivity contribution in [2.24, 2.45) is 0 Å². The van der Waals surface area contributed by atoms with Gasteiger partial charge in [0, 0.05) is 17.7 Å². The van der Waals surface area contributed by atoms with Gasteiger partial charge in [-0.15, -0.1) is 0 Å². The smallest absolute Gasteiger partial charge is 0.293 e. The molecule has 2 aromatic heterocycles. The van der Waals surface area contributed by atoms with Crippen molar-refractivity contribution in [3.05, 3.63) is 69.6 Å². The summed E-state index contributed by atoms with van der Waals surface area (Å²) in [6.45, 7) is 3.82. The first-order valence-electron chi connectivity index (χ1n) is 9.45. The molecule has 2 aromatic carbocycles. The first-order chi connectivity index (χ1) is 14.9. The molecule has 0 unspecified atom stereocenters. The van der Waals surface area contributed by atoms with E-state index >= 15 is 0 Å². The van der Waals surface area contributed by atoms with Crippen LogP contribution in [0.1, 0.15) is 21.7 Å². The first-order valence-corrected chi connectivity index (χ1v) is 9.45. The van der Waals surface area contributed by atoms with Crippen LogP contribution in [0.15, 0.2) is 56.2 Å².